The third kappa shape index (κ3) is 2.52. The van der Waals surface area contributed by atoms with Crippen LogP contribution in [-0.2, 0) is 6.54 Å². The monoisotopic (exact) mass is 294 g/mol. The summed E-state index contributed by atoms with van der Waals surface area (Å²) in [7, 11) is 0. The molecule has 0 aliphatic carbocycles. The molecule has 3 rings (SSSR count). The predicted molar refractivity (Wildman–Crippen MR) is 88.7 cm³/mol. The van der Waals surface area contributed by atoms with Crippen LogP contribution >= 0.6 is 0 Å². The van der Waals surface area contributed by atoms with Crippen LogP contribution in [0.3, 0.4) is 0 Å². The molecule has 1 aliphatic rings. The number of fused-ring (bicyclic) bond motifs is 1. The zero-order valence-electron chi connectivity index (χ0n) is 13.5. The highest BCUT2D eigenvalue weighted by Gasteiger charge is 2.32. The number of benzene rings is 1. The van der Waals surface area contributed by atoms with Crippen molar-refractivity contribution in [3.63, 3.8) is 0 Å². The third-order valence-corrected chi connectivity index (χ3v) is 4.47. The van der Waals surface area contributed by atoms with Gasteiger partial charge in [0, 0.05) is 36.1 Å². The number of amides is 1. The van der Waals surface area contributed by atoms with Crippen LogP contribution in [0.2, 0.25) is 0 Å². The first kappa shape index (κ1) is 14.8. The molecule has 3 nitrogen and oxygen atoms in total. The van der Waals surface area contributed by atoms with E-state index in [-0.39, 0.29) is 5.91 Å². The van der Waals surface area contributed by atoms with Gasteiger partial charge in [-0.3, -0.25) is 9.78 Å². The van der Waals surface area contributed by atoms with Crippen LogP contribution in [0.25, 0.3) is 11.1 Å². The van der Waals surface area contributed by atoms with Crippen molar-refractivity contribution in [1.29, 1.82) is 0 Å². The fourth-order valence-electron chi connectivity index (χ4n) is 3.32. The van der Waals surface area contributed by atoms with Crippen molar-refractivity contribution in [1.82, 2.24) is 9.88 Å². The Hall–Kier alpha value is -2.16. The Morgan fingerprint density at radius 3 is 2.82 bits per heavy atom. The standard InChI is InChI=1S/C19H22N2O/c1-4-6-14(3)21-12-17-10-16(15-7-5-8-20-11-15)9-13(2)18(17)19(21)22/h5,7-11,14H,4,6,12H2,1-3H3. The molecule has 1 aromatic heterocycles. The minimum Gasteiger partial charge on any atom is -0.332 e. The zero-order chi connectivity index (χ0) is 15.7. The Kier molecular flexibility index (Phi) is 3.97. The lowest BCUT2D eigenvalue weighted by molar-refractivity contribution is 0.0708. The van der Waals surface area contributed by atoms with Gasteiger partial charge in [0.05, 0.1) is 0 Å². The first-order valence-corrected chi connectivity index (χ1v) is 7.96. The molecule has 0 bridgehead atoms. The Morgan fingerprint density at radius 1 is 1.32 bits per heavy atom. The summed E-state index contributed by atoms with van der Waals surface area (Å²) in [6.45, 7) is 7.06. The van der Waals surface area contributed by atoms with E-state index in [1.807, 2.05) is 24.1 Å². The number of nitrogens with zero attached hydrogens (tertiary/aromatic N) is 2. The Bertz CT molecular complexity index is 694. The van der Waals surface area contributed by atoms with Gasteiger partial charge in [0.1, 0.15) is 0 Å². The molecule has 0 radical (unpaired) electrons. The van der Waals surface area contributed by atoms with E-state index in [1.54, 1.807) is 6.20 Å². The molecule has 2 heterocycles. The van der Waals surface area contributed by atoms with Crippen molar-refractivity contribution in [2.75, 3.05) is 0 Å². The maximum Gasteiger partial charge on any atom is 0.255 e. The Labute approximate surface area is 132 Å². The molecule has 0 saturated heterocycles. The first-order chi connectivity index (χ1) is 10.6. The summed E-state index contributed by atoms with van der Waals surface area (Å²) in [6, 6.07) is 8.55. The number of carbonyl (C=O) groups excluding carboxylic acids is 1. The van der Waals surface area contributed by atoms with Crippen LogP contribution in [0, 0.1) is 6.92 Å². The van der Waals surface area contributed by atoms with Crippen LogP contribution in [0.1, 0.15) is 48.2 Å². The maximum absolute atomic E-state index is 12.7. The lowest BCUT2D eigenvalue weighted by atomic mass is 9.97. The number of aromatic nitrogens is 1. The normalized spacial score (nSPS) is 15.0. The van der Waals surface area contributed by atoms with Gasteiger partial charge in [-0.1, -0.05) is 25.5 Å². The lowest BCUT2D eigenvalue weighted by Gasteiger charge is -2.23. The van der Waals surface area contributed by atoms with Crippen molar-refractivity contribution in [3.05, 3.63) is 53.3 Å². The van der Waals surface area contributed by atoms with Crippen molar-refractivity contribution < 1.29 is 4.79 Å². The third-order valence-electron chi connectivity index (χ3n) is 4.47. The van der Waals surface area contributed by atoms with Gasteiger partial charge in [-0.2, -0.15) is 0 Å². The average molecular weight is 294 g/mol. The maximum atomic E-state index is 12.7. The van der Waals surface area contributed by atoms with Gasteiger partial charge in [0.25, 0.3) is 5.91 Å². The molecule has 1 amide bonds. The topological polar surface area (TPSA) is 33.2 Å². The molecule has 0 saturated carbocycles. The summed E-state index contributed by atoms with van der Waals surface area (Å²) in [5, 5.41) is 0. The SMILES string of the molecule is CCCC(C)N1Cc2cc(-c3cccnc3)cc(C)c2C1=O. The number of rotatable bonds is 4. The van der Waals surface area contributed by atoms with Gasteiger partial charge in [-0.05, 0) is 49.1 Å². The van der Waals surface area contributed by atoms with Crippen LogP contribution in [0.5, 0.6) is 0 Å². The molecule has 1 unspecified atom stereocenters. The summed E-state index contributed by atoms with van der Waals surface area (Å²) in [6.07, 6.45) is 5.80. The minimum atomic E-state index is 0.186. The highest BCUT2D eigenvalue weighted by Crippen LogP contribution is 2.32. The molecule has 0 spiro atoms. The van der Waals surface area contributed by atoms with Gasteiger partial charge in [-0.15, -0.1) is 0 Å². The number of hydrogen-bond donors (Lipinski definition) is 0. The van der Waals surface area contributed by atoms with E-state index in [4.69, 9.17) is 0 Å². The van der Waals surface area contributed by atoms with E-state index in [9.17, 15) is 4.79 Å². The fraction of sp³-hybridized carbons (Fsp3) is 0.368. The zero-order valence-corrected chi connectivity index (χ0v) is 13.5. The quantitative estimate of drug-likeness (QED) is 0.846. The summed E-state index contributed by atoms with van der Waals surface area (Å²) in [5.41, 5.74) is 5.35. The molecular formula is C19H22N2O. The molecule has 114 valence electrons. The average Bonchev–Trinajstić information content (AvgIpc) is 2.86. The summed E-state index contributed by atoms with van der Waals surface area (Å²) in [4.78, 5) is 18.9. The largest absolute Gasteiger partial charge is 0.332 e. The van der Waals surface area contributed by atoms with E-state index in [1.165, 1.54) is 0 Å². The van der Waals surface area contributed by atoms with Crippen LogP contribution in [0.15, 0.2) is 36.7 Å². The fourth-order valence-corrected chi connectivity index (χ4v) is 3.32. The van der Waals surface area contributed by atoms with Gasteiger partial charge < -0.3 is 4.90 Å². The number of hydrogen-bond acceptors (Lipinski definition) is 2. The number of carbonyl (C=O) groups is 1. The van der Waals surface area contributed by atoms with Crippen LogP contribution < -0.4 is 0 Å². The first-order valence-electron chi connectivity index (χ1n) is 7.96. The molecule has 3 heteroatoms. The van der Waals surface area contributed by atoms with Crippen molar-refractivity contribution >= 4 is 5.91 Å². The molecule has 2 aromatic rings. The molecule has 0 N–H and O–H groups in total. The predicted octanol–water partition coefficient (Wildman–Crippen LogP) is 4.20. The highest BCUT2D eigenvalue weighted by atomic mass is 16.2. The second-order valence-electron chi connectivity index (χ2n) is 6.14. The van der Waals surface area contributed by atoms with E-state index < -0.39 is 0 Å². The second kappa shape index (κ2) is 5.91. The van der Waals surface area contributed by atoms with Crippen molar-refractivity contribution in [3.8, 4) is 11.1 Å². The van der Waals surface area contributed by atoms with Gasteiger partial charge in [-0.25, -0.2) is 0 Å². The van der Waals surface area contributed by atoms with Gasteiger partial charge >= 0.3 is 0 Å². The van der Waals surface area contributed by atoms with Crippen molar-refractivity contribution in [2.45, 2.75) is 46.2 Å². The van der Waals surface area contributed by atoms with Gasteiger partial charge in [0.15, 0.2) is 0 Å². The summed E-state index contributed by atoms with van der Waals surface area (Å²) >= 11 is 0. The van der Waals surface area contributed by atoms with E-state index in [0.29, 0.717) is 6.04 Å². The summed E-state index contributed by atoms with van der Waals surface area (Å²) < 4.78 is 0. The summed E-state index contributed by atoms with van der Waals surface area (Å²) in [5.74, 6) is 0.186. The van der Waals surface area contributed by atoms with E-state index in [0.717, 1.165) is 47.2 Å². The molecule has 1 aliphatic heterocycles. The van der Waals surface area contributed by atoms with Gasteiger partial charge in [0.2, 0.25) is 0 Å². The molecule has 1 aromatic carbocycles. The van der Waals surface area contributed by atoms with E-state index in [2.05, 4.69) is 37.0 Å². The Balaban J connectivity index is 1.98. The second-order valence-corrected chi connectivity index (χ2v) is 6.14. The van der Waals surface area contributed by atoms with E-state index >= 15 is 0 Å². The molecule has 0 fully saturated rings. The van der Waals surface area contributed by atoms with Crippen LogP contribution in [-0.4, -0.2) is 21.8 Å². The lowest BCUT2D eigenvalue weighted by Crippen LogP contribution is -2.33. The van der Waals surface area contributed by atoms with Crippen LogP contribution in [0.4, 0.5) is 0 Å². The molecule has 1 atom stereocenters. The molecule has 22 heavy (non-hydrogen) atoms. The Morgan fingerprint density at radius 2 is 2.14 bits per heavy atom. The number of pyridine rings is 1. The van der Waals surface area contributed by atoms with Crippen molar-refractivity contribution in [2.24, 2.45) is 0 Å². The minimum absolute atomic E-state index is 0.186. The smallest absolute Gasteiger partial charge is 0.255 e. The molecular weight excluding hydrogens is 272 g/mol. The number of aryl methyl sites for hydroxylation is 1. The highest BCUT2D eigenvalue weighted by molar-refractivity contribution is 6.00.